The number of anilines is 3. The molecule has 0 aliphatic carbocycles. The van der Waals surface area contributed by atoms with Gasteiger partial charge in [0.15, 0.2) is 0 Å². The number of rotatable bonds is 3. The number of hydrogen-bond donors (Lipinski definition) is 3. The molecular formula is C13H17N3OS. The van der Waals surface area contributed by atoms with E-state index in [2.05, 4.69) is 10.6 Å². The molecule has 1 fully saturated rings. The van der Waals surface area contributed by atoms with Gasteiger partial charge in [-0.05, 0) is 41.5 Å². The topological polar surface area (TPSA) is 67.2 Å². The first-order chi connectivity index (χ1) is 8.72. The summed E-state index contributed by atoms with van der Waals surface area (Å²) in [5.41, 5.74) is 9.59. The number of hydrogen-bond acceptors (Lipinski definition) is 4. The standard InChI is InChI=1S/C13H17N3OS/c14-10-3-9-4-13(17)16-11(9)5-12(10)15-6-8-1-2-18-7-8/h3,5,8,15H,1-2,4,6-7,14H2,(H,16,17). The minimum atomic E-state index is 0.0498. The van der Waals surface area contributed by atoms with E-state index in [-0.39, 0.29) is 5.91 Å². The fourth-order valence-corrected chi connectivity index (χ4v) is 3.73. The third kappa shape index (κ3) is 2.27. The summed E-state index contributed by atoms with van der Waals surface area (Å²) in [6.45, 7) is 0.962. The molecule has 0 saturated carbocycles. The number of nitrogens with one attached hydrogen (secondary N) is 2. The second kappa shape index (κ2) is 4.72. The molecule has 0 aromatic heterocycles. The average Bonchev–Trinajstić information content (AvgIpc) is 2.94. The van der Waals surface area contributed by atoms with E-state index >= 15 is 0 Å². The largest absolute Gasteiger partial charge is 0.397 e. The highest BCUT2D eigenvalue weighted by atomic mass is 32.2. The van der Waals surface area contributed by atoms with Crippen molar-refractivity contribution in [3.63, 3.8) is 0 Å². The quantitative estimate of drug-likeness (QED) is 0.729. The van der Waals surface area contributed by atoms with Crippen molar-refractivity contribution >= 4 is 34.7 Å². The van der Waals surface area contributed by atoms with Crippen LogP contribution in [0.25, 0.3) is 0 Å². The summed E-state index contributed by atoms with van der Waals surface area (Å²) in [5.74, 6) is 3.28. The fourth-order valence-electron chi connectivity index (χ4n) is 2.45. The maximum absolute atomic E-state index is 11.3. The second-order valence-corrected chi connectivity index (χ2v) is 6.08. The van der Waals surface area contributed by atoms with Crippen LogP contribution in [0.5, 0.6) is 0 Å². The van der Waals surface area contributed by atoms with Crippen molar-refractivity contribution in [3.8, 4) is 0 Å². The lowest BCUT2D eigenvalue weighted by atomic mass is 10.1. The zero-order valence-electron chi connectivity index (χ0n) is 10.2. The molecular weight excluding hydrogens is 246 g/mol. The first-order valence-corrected chi connectivity index (χ1v) is 7.41. The van der Waals surface area contributed by atoms with Gasteiger partial charge in [-0.1, -0.05) is 0 Å². The van der Waals surface area contributed by atoms with Gasteiger partial charge in [-0.25, -0.2) is 0 Å². The Hall–Kier alpha value is -1.36. The second-order valence-electron chi connectivity index (χ2n) is 4.93. The first-order valence-electron chi connectivity index (χ1n) is 6.26. The minimum Gasteiger partial charge on any atom is -0.397 e. The Balaban J connectivity index is 1.72. The molecule has 4 nitrogen and oxygen atoms in total. The molecule has 1 atom stereocenters. The Morgan fingerprint density at radius 1 is 1.50 bits per heavy atom. The van der Waals surface area contributed by atoms with Crippen LogP contribution in [0.1, 0.15) is 12.0 Å². The van der Waals surface area contributed by atoms with E-state index in [0.717, 1.165) is 35.1 Å². The van der Waals surface area contributed by atoms with Crippen LogP contribution in [-0.4, -0.2) is 24.0 Å². The molecule has 2 aliphatic heterocycles. The van der Waals surface area contributed by atoms with E-state index in [9.17, 15) is 4.79 Å². The normalized spacial score (nSPS) is 21.8. The third-order valence-corrected chi connectivity index (χ3v) is 4.74. The highest BCUT2D eigenvalue weighted by Crippen LogP contribution is 2.32. The average molecular weight is 263 g/mol. The van der Waals surface area contributed by atoms with Gasteiger partial charge >= 0.3 is 0 Å². The lowest BCUT2D eigenvalue weighted by molar-refractivity contribution is -0.115. The van der Waals surface area contributed by atoms with Gasteiger partial charge in [0.25, 0.3) is 0 Å². The Kier molecular flexibility index (Phi) is 3.07. The first kappa shape index (κ1) is 11.7. The van der Waals surface area contributed by atoms with E-state index in [1.807, 2.05) is 23.9 Å². The van der Waals surface area contributed by atoms with Crippen molar-refractivity contribution in [1.82, 2.24) is 0 Å². The summed E-state index contributed by atoms with van der Waals surface area (Å²) in [7, 11) is 0. The van der Waals surface area contributed by atoms with Crippen LogP contribution in [0.4, 0.5) is 17.1 Å². The van der Waals surface area contributed by atoms with E-state index < -0.39 is 0 Å². The zero-order valence-corrected chi connectivity index (χ0v) is 11.0. The van der Waals surface area contributed by atoms with Crippen molar-refractivity contribution in [2.24, 2.45) is 5.92 Å². The van der Waals surface area contributed by atoms with Gasteiger partial charge < -0.3 is 16.4 Å². The maximum Gasteiger partial charge on any atom is 0.228 e. The van der Waals surface area contributed by atoms with Crippen LogP contribution in [0.3, 0.4) is 0 Å². The summed E-state index contributed by atoms with van der Waals surface area (Å²) >= 11 is 2.01. The zero-order chi connectivity index (χ0) is 12.5. The molecule has 1 aromatic carbocycles. The SMILES string of the molecule is Nc1cc2c(cc1NCC1CCSC1)NC(=O)C2. The predicted molar refractivity (Wildman–Crippen MR) is 77.1 cm³/mol. The van der Waals surface area contributed by atoms with Crippen molar-refractivity contribution in [3.05, 3.63) is 17.7 Å². The molecule has 1 unspecified atom stereocenters. The van der Waals surface area contributed by atoms with Crippen molar-refractivity contribution in [1.29, 1.82) is 0 Å². The van der Waals surface area contributed by atoms with E-state index in [1.165, 1.54) is 17.9 Å². The monoisotopic (exact) mass is 263 g/mol. The molecule has 1 amide bonds. The van der Waals surface area contributed by atoms with Gasteiger partial charge in [-0.3, -0.25) is 4.79 Å². The molecule has 1 aromatic rings. The maximum atomic E-state index is 11.3. The number of nitrogen functional groups attached to an aromatic ring is 1. The summed E-state index contributed by atoms with van der Waals surface area (Å²) in [5, 5.41) is 6.26. The number of nitrogens with two attached hydrogens (primary N) is 1. The Morgan fingerprint density at radius 2 is 2.39 bits per heavy atom. The van der Waals surface area contributed by atoms with Crippen LogP contribution in [0.15, 0.2) is 12.1 Å². The summed E-state index contributed by atoms with van der Waals surface area (Å²) in [6, 6.07) is 3.86. The van der Waals surface area contributed by atoms with Crippen LogP contribution >= 0.6 is 11.8 Å². The number of amides is 1. The van der Waals surface area contributed by atoms with E-state index in [1.54, 1.807) is 0 Å². The predicted octanol–water partition coefficient (Wildman–Crippen LogP) is 1.93. The minimum absolute atomic E-state index is 0.0498. The number of benzene rings is 1. The van der Waals surface area contributed by atoms with Gasteiger partial charge in [-0.2, -0.15) is 11.8 Å². The van der Waals surface area contributed by atoms with Crippen LogP contribution < -0.4 is 16.4 Å². The lowest BCUT2D eigenvalue weighted by Gasteiger charge is -2.14. The molecule has 1 saturated heterocycles. The molecule has 18 heavy (non-hydrogen) atoms. The van der Waals surface area contributed by atoms with Crippen LogP contribution in [-0.2, 0) is 11.2 Å². The van der Waals surface area contributed by atoms with Crippen LogP contribution in [0, 0.1) is 5.92 Å². The fraction of sp³-hybridized carbons (Fsp3) is 0.462. The van der Waals surface area contributed by atoms with E-state index in [4.69, 9.17) is 5.73 Å². The highest BCUT2D eigenvalue weighted by molar-refractivity contribution is 7.99. The number of thioether (sulfide) groups is 1. The summed E-state index contributed by atoms with van der Waals surface area (Å²) < 4.78 is 0. The number of fused-ring (bicyclic) bond motifs is 1. The molecule has 0 radical (unpaired) electrons. The van der Waals surface area contributed by atoms with Crippen LogP contribution in [0.2, 0.25) is 0 Å². The van der Waals surface area contributed by atoms with Crippen molar-refractivity contribution in [2.75, 3.05) is 34.4 Å². The number of carbonyl (C=O) groups excluding carboxylic acids is 1. The van der Waals surface area contributed by atoms with Gasteiger partial charge in [0.2, 0.25) is 5.91 Å². The Morgan fingerprint density at radius 3 is 3.17 bits per heavy atom. The third-order valence-electron chi connectivity index (χ3n) is 3.51. The van der Waals surface area contributed by atoms with Gasteiger partial charge in [0.1, 0.15) is 0 Å². The molecule has 0 spiro atoms. The Bertz CT molecular complexity index is 483. The molecule has 96 valence electrons. The van der Waals surface area contributed by atoms with Crippen molar-refractivity contribution < 1.29 is 4.79 Å². The molecule has 2 aliphatic rings. The lowest BCUT2D eigenvalue weighted by Crippen LogP contribution is -2.14. The molecule has 0 bridgehead atoms. The summed E-state index contributed by atoms with van der Waals surface area (Å²) in [4.78, 5) is 11.3. The van der Waals surface area contributed by atoms with E-state index in [0.29, 0.717) is 6.42 Å². The van der Waals surface area contributed by atoms with Crippen molar-refractivity contribution in [2.45, 2.75) is 12.8 Å². The molecule has 4 N–H and O–H groups in total. The van der Waals surface area contributed by atoms with Gasteiger partial charge in [-0.15, -0.1) is 0 Å². The van der Waals surface area contributed by atoms with Gasteiger partial charge in [0.05, 0.1) is 17.8 Å². The molecule has 3 rings (SSSR count). The highest BCUT2D eigenvalue weighted by Gasteiger charge is 2.20. The number of carbonyl (C=O) groups is 1. The summed E-state index contributed by atoms with van der Waals surface area (Å²) in [6.07, 6.45) is 1.72. The molecule has 2 heterocycles. The van der Waals surface area contributed by atoms with Gasteiger partial charge in [0, 0.05) is 12.2 Å². The smallest absolute Gasteiger partial charge is 0.228 e. The molecule has 5 heteroatoms. The Labute approximate surface area is 111 Å².